The van der Waals surface area contributed by atoms with Gasteiger partial charge in [-0.05, 0) is 53.2 Å². The first-order valence-corrected chi connectivity index (χ1v) is 12.0. The van der Waals surface area contributed by atoms with Crippen LogP contribution in [0, 0.1) is 0 Å². The molecule has 1 fully saturated rings. The molecule has 156 valence electrons. The third-order valence-corrected chi connectivity index (χ3v) is 7.39. The Morgan fingerprint density at radius 3 is 2.57 bits per heavy atom. The van der Waals surface area contributed by atoms with Gasteiger partial charge in [0.1, 0.15) is 5.75 Å². The maximum absolute atomic E-state index is 13.1. The molecule has 0 radical (unpaired) electrons. The van der Waals surface area contributed by atoms with Crippen molar-refractivity contribution in [3.8, 4) is 11.4 Å². The number of para-hydroxylation sites is 1. The van der Waals surface area contributed by atoms with Crippen LogP contribution in [0.2, 0.25) is 0 Å². The lowest BCUT2D eigenvalue weighted by molar-refractivity contribution is -0.116. The highest BCUT2D eigenvalue weighted by atomic mass is 32.2. The Hall–Kier alpha value is -2.92. The Morgan fingerprint density at radius 2 is 1.90 bits per heavy atom. The number of phenols is 1. The summed E-state index contributed by atoms with van der Waals surface area (Å²) in [5, 5.41) is 21.5. The normalized spacial score (nSPS) is 17.7. The SMILES string of the molecule is O=C(CSc1nnnn1-c1ccc(O)cc1)N(c1ccccc1)[C@H]1CCS(=O)(=O)C1. The lowest BCUT2D eigenvalue weighted by Crippen LogP contribution is -2.42. The molecule has 1 aliphatic rings. The second kappa shape index (κ2) is 8.44. The molecule has 9 nitrogen and oxygen atoms in total. The third kappa shape index (κ3) is 4.46. The van der Waals surface area contributed by atoms with E-state index < -0.39 is 15.9 Å². The number of benzene rings is 2. The third-order valence-electron chi connectivity index (χ3n) is 4.74. The standard InChI is InChI=1S/C19H19N5O4S2/c25-17-8-6-15(7-9-17)24-19(20-21-22-24)29-12-18(26)23(14-4-2-1-3-5-14)16-10-11-30(27,28)13-16/h1-9,16,25H,10-13H2/t16-/m0/s1. The van der Waals surface area contributed by atoms with E-state index in [0.717, 1.165) is 0 Å². The molecule has 4 rings (SSSR count). The van der Waals surface area contributed by atoms with Crippen LogP contribution in [-0.4, -0.2) is 62.9 Å². The van der Waals surface area contributed by atoms with E-state index in [1.807, 2.05) is 18.2 Å². The molecule has 0 saturated carbocycles. The smallest absolute Gasteiger partial charge is 0.237 e. The highest BCUT2D eigenvalue weighted by Gasteiger charge is 2.35. The van der Waals surface area contributed by atoms with Gasteiger partial charge < -0.3 is 10.0 Å². The average molecular weight is 446 g/mol. The van der Waals surface area contributed by atoms with Crippen LogP contribution in [0.4, 0.5) is 5.69 Å². The van der Waals surface area contributed by atoms with Gasteiger partial charge in [-0.25, -0.2) is 8.42 Å². The van der Waals surface area contributed by atoms with Crippen molar-refractivity contribution in [2.24, 2.45) is 0 Å². The number of aromatic hydroxyl groups is 1. The molecule has 0 spiro atoms. The molecule has 3 aromatic rings. The van der Waals surface area contributed by atoms with Crippen molar-refractivity contribution < 1.29 is 18.3 Å². The van der Waals surface area contributed by atoms with Gasteiger partial charge in [-0.2, -0.15) is 4.68 Å². The van der Waals surface area contributed by atoms with Crippen LogP contribution in [0.3, 0.4) is 0 Å². The van der Waals surface area contributed by atoms with Crippen LogP contribution in [-0.2, 0) is 14.6 Å². The predicted octanol–water partition coefficient (Wildman–Crippen LogP) is 1.68. The number of tetrazole rings is 1. The van der Waals surface area contributed by atoms with Gasteiger partial charge in [0.15, 0.2) is 9.84 Å². The lowest BCUT2D eigenvalue weighted by Gasteiger charge is -2.28. The van der Waals surface area contributed by atoms with E-state index in [0.29, 0.717) is 23.0 Å². The van der Waals surface area contributed by atoms with Gasteiger partial charge in [-0.15, -0.1) is 5.10 Å². The largest absolute Gasteiger partial charge is 0.508 e. The van der Waals surface area contributed by atoms with E-state index in [2.05, 4.69) is 15.5 Å². The number of sulfone groups is 1. The molecule has 0 unspecified atom stereocenters. The van der Waals surface area contributed by atoms with E-state index in [1.165, 1.54) is 28.6 Å². The molecule has 1 atom stereocenters. The van der Waals surface area contributed by atoms with Gasteiger partial charge in [0.25, 0.3) is 0 Å². The molecule has 1 amide bonds. The summed E-state index contributed by atoms with van der Waals surface area (Å²) in [4.78, 5) is 14.7. The van der Waals surface area contributed by atoms with Crippen LogP contribution < -0.4 is 4.90 Å². The number of thioether (sulfide) groups is 1. The summed E-state index contributed by atoms with van der Waals surface area (Å²) in [6, 6.07) is 15.1. The zero-order valence-electron chi connectivity index (χ0n) is 15.8. The zero-order valence-corrected chi connectivity index (χ0v) is 17.5. The zero-order chi connectivity index (χ0) is 21.1. The fraction of sp³-hybridized carbons (Fsp3) is 0.263. The first-order chi connectivity index (χ1) is 14.4. The summed E-state index contributed by atoms with van der Waals surface area (Å²) in [6.07, 6.45) is 0.416. The number of anilines is 1. The summed E-state index contributed by atoms with van der Waals surface area (Å²) in [7, 11) is -3.14. The first kappa shape index (κ1) is 20.4. The fourth-order valence-electron chi connectivity index (χ4n) is 3.35. The van der Waals surface area contributed by atoms with Gasteiger partial charge in [0.2, 0.25) is 11.1 Å². The van der Waals surface area contributed by atoms with Gasteiger partial charge in [0, 0.05) is 5.69 Å². The number of carbonyl (C=O) groups excluding carboxylic acids is 1. The quantitative estimate of drug-likeness (QED) is 0.570. The van der Waals surface area contributed by atoms with Crippen molar-refractivity contribution in [2.45, 2.75) is 17.6 Å². The molecule has 11 heteroatoms. The number of phenolic OH excluding ortho intramolecular Hbond substituents is 1. The van der Waals surface area contributed by atoms with Crippen molar-refractivity contribution in [2.75, 3.05) is 22.2 Å². The minimum atomic E-state index is -3.14. The highest BCUT2D eigenvalue weighted by molar-refractivity contribution is 7.99. The second-order valence-corrected chi connectivity index (χ2v) is 10.0. The number of hydrogen-bond donors (Lipinski definition) is 1. The molecule has 1 saturated heterocycles. The Morgan fingerprint density at radius 1 is 1.17 bits per heavy atom. The summed E-state index contributed by atoms with van der Waals surface area (Å²) in [6.45, 7) is 0. The highest BCUT2D eigenvalue weighted by Crippen LogP contribution is 2.27. The number of hydrogen-bond acceptors (Lipinski definition) is 8. The maximum atomic E-state index is 13.1. The van der Waals surface area contributed by atoms with Gasteiger partial charge in [-0.1, -0.05) is 30.0 Å². The van der Waals surface area contributed by atoms with E-state index in [4.69, 9.17) is 0 Å². The van der Waals surface area contributed by atoms with Crippen molar-refractivity contribution in [3.05, 3.63) is 54.6 Å². The topological polar surface area (TPSA) is 118 Å². The molecule has 1 aromatic heterocycles. The number of nitrogens with zero attached hydrogens (tertiary/aromatic N) is 5. The summed E-state index contributed by atoms with van der Waals surface area (Å²) in [5.74, 6) is 0.00307. The molecule has 30 heavy (non-hydrogen) atoms. The summed E-state index contributed by atoms with van der Waals surface area (Å²) in [5.41, 5.74) is 1.32. The molecule has 0 aliphatic carbocycles. The summed E-state index contributed by atoms with van der Waals surface area (Å²) < 4.78 is 25.4. The van der Waals surface area contributed by atoms with Crippen LogP contribution in [0.15, 0.2) is 59.8 Å². The van der Waals surface area contributed by atoms with Gasteiger partial charge >= 0.3 is 0 Å². The van der Waals surface area contributed by atoms with Crippen molar-refractivity contribution in [1.29, 1.82) is 0 Å². The first-order valence-electron chi connectivity index (χ1n) is 9.21. The number of rotatable bonds is 6. The molecule has 1 N–H and O–H groups in total. The van der Waals surface area contributed by atoms with Crippen LogP contribution in [0.25, 0.3) is 5.69 Å². The van der Waals surface area contributed by atoms with Gasteiger partial charge in [-0.3, -0.25) is 4.79 Å². The van der Waals surface area contributed by atoms with E-state index in [-0.39, 0.29) is 28.9 Å². The Balaban J connectivity index is 1.53. The number of carbonyl (C=O) groups is 1. The van der Waals surface area contributed by atoms with E-state index in [9.17, 15) is 18.3 Å². The number of aromatic nitrogens is 4. The molecular formula is C19H19N5O4S2. The maximum Gasteiger partial charge on any atom is 0.237 e. The molecular weight excluding hydrogens is 426 g/mol. The Labute approximate surface area is 177 Å². The predicted molar refractivity (Wildman–Crippen MR) is 113 cm³/mol. The molecule has 2 aromatic carbocycles. The van der Waals surface area contributed by atoms with Gasteiger partial charge in [0.05, 0.1) is 29.0 Å². The molecule has 2 heterocycles. The molecule has 1 aliphatic heterocycles. The number of amides is 1. The van der Waals surface area contributed by atoms with Crippen LogP contribution in [0.5, 0.6) is 5.75 Å². The lowest BCUT2D eigenvalue weighted by atomic mass is 10.2. The Kier molecular flexibility index (Phi) is 5.73. The minimum absolute atomic E-state index is 0.0381. The monoisotopic (exact) mass is 445 g/mol. The van der Waals surface area contributed by atoms with Crippen molar-refractivity contribution in [3.63, 3.8) is 0 Å². The van der Waals surface area contributed by atoms with Crippen LogP contribution in [0.1, 0.15) is 6.42 Å². The van der Waals surface area contributed by atoms with Crippen LogP contribution >= 0.6 is 11.8 Å². The van der Waals surface area contributed by atoms with E-state index in [1.54, 1.807) is 29.2 Å². The Bertz CT molecular complexity index is 1130. The second-order valence-electron chi connectivity index (χ2n) is 6.83. The fourth-order valence-corrected chi connectivity index (χ4v) is 5.80. The minimum Gasteiger partial charge on any atom is -0.508 e. The summed E-state index contributed by atoms with van der Waals surface area (Å²) >= 11 is 1.17. The molecule has 0 bridgehead atoms. The average Bonchev–Trinajstić information content (AvgIpc) is 3.34. The van der Waals surface area contributed by atoms with E-state index >= 15 is 0 Å². The van der Waals surface area contributed by atoms with Crippen molar-refractivity contribution in [1.82, 2.24) is 20.2 Å². The van der Waals surface area contributed by atoms with Crippen molar-refractivity contribution >= 4 is 33.2 Å².